The van der Waals surface area contributed by atoms with Crippen molar-refractivity contribution < 1.29 is 19.4 Å². The van der Waals surface area contributed by atoms with Crippen LogP contribution in [-0.2, 0) is 14.3 Å². The number of aliphatic hydroxyl groups excluding tert-OH is 1. The second-order valence-electron chi connectivity index (χ2n) is 8.98. The predicted octanol–water partition coefficient (Wildman–Crippen LogP) is -0.0606. The van der Waals surface area contributed by atoms with Crippen LogP contribution in [0.5, 0.6) is 0 Å². The Balaban J connectivity index is 1.20. The molecular weight excluding hydrogens is 428 g/mol. The first kappa shape index (κ1) is 21.6. The molecule has 0 saturated carbocycles. The Labute approximate surface area is 190 Å². The number of rotatable bonds is 5. The number of β-amino-alcohol motifs (C(OH)–C–C–N with tert-alkyl or cyclic N) is 1. The zero-order valence-corrected chi connectivity index (χ0v) is 18.6. The van der Waals surface area contributed by atoms with Crippen LogP contribution < -0.4 is 0 Å². The molecule has 3 aliphatic rings. The van der Waals surface area contributed by atoms with Gasteiger partial charge in [0.05, 0.1) is 22.4 Å². The molecule has 5 rings (SSSR count). The van der Waals surface area contributed by atoms with E-state index in [2.05, 4.69) is 30.6 Å². The van der Waals surface area contributed by atoms with Crippen LogP contribution in [0.15, 0.2) is 23.7 Å². The number of hydrogen-bond donors (Lipinski definition) is 1. The molecule has 0 bridgehead atoms. The van der Waals surface area contributed by atoms with E-state index in [9.17, 15) is 14.7 Å². The van der Waals surface area contributed by atoms with Crippen molar-refractivity contribution in [2.24, 2.45) is 5.41 Å². The Hall–Kier alpha value is -3.25. The number of carbonyl (C=O) groups excluding carboxylic acids is 2. The van der Waals surface area contributed by atoms with Crippen molar-refractivity contribution in [3.63, 3.8) is 0 Å². The smallest absolute Gasteiger partial charge is 0.336 e. The van der Waals surface area contributed by atoms with Crippen molar-refractivity contribution in [1.29, 1.82) is 0 Å². The van der Waals surface area contributed by atoms with Crippen molar-refractivity contribution >= 4 is 11.9 Å². The summed E-state index contributed by atoms with van der Waals surface area (Å²) in [4.78, 5) is 28.9. The van der Waals surface area contributed by atoms with Gasteiger partial charge < -0.3 is 19.6 Å². The maximum atomic E-state index is 13.3. The lowest BCUT2D eigenvalue weighted by Gasteiger charge is -2.38. The number of esters is 1. The Morgan fingerprint density at radius 2 is 1.91 bits per heavy atom. The summed E-state index contributed by atoms with van der Waals surface area (Å²) in [5.41, 5.74) is 2.13. The Morgan fingerprint density at radius 1 is 1.15 bits per heavy atom. The number of tetrazole rings is 1. The van der Waals surface area contributed by atoms with Gasteiger partial charge in [0.1, 0.15) is 19.0 Å². The number of nitrogens with zero attached hydrogens (tertiary/aromatic N) is 8. The molecule has 0 aliphatic carbocycles. The maximum absolute atomic E-state index is 13.3. The molecule has 3 aliphatic heterocycles. The number of ether oxygens (including phenoxy) is 1. The Kier molecular flexibility index (Phi) is 5.41. The van der Waals surface area contributed by atoms with Crippen LogP contribution in [0.1, 0.15) is 43.5 Å². The van der Waals surface area contributed by atoms with Gasteiger partial charge in [-0.3, -0.25) is 4.79 Å². The quantitative estimate of drug-likeness (QED) is 0.611. The van der Waals surface area contributed by atoms with E-state index in [4.69, 9.17) is 4.74 Å². The summed E-state index contributed by atoms with van der Waals surface area (Å²) in [5.74, 6) is 0.266. The molecule has 2 fully saturated rings. The highest BCUT2D eigenvalue weighted by Gasteiger charge is 2.50. The zero-order chi connectivity index (χ0) is 23.2. The first-order valence-electron chi connectivity index (χ1n) is 11.0. The molecule has 174 valence electrons. The van der Waals surface area contributed by atoms with Crippen LogP contribution in [-0.4, -0.2) is 90.0 Å². The van der Waals surface area contributed by atoms with Gasteiger partial charge in [-0.15, -0.1) is 10.2 Å². The number of likely N-dealkylation sites (tertiary alicyclic amines) is 2. The lowest BCUT2D eigenvalue weighted by Crippen LogP contribution is -2.45. The first-order chi connectivity index (χ1) is 15.9. The molecule has 0 aromatic carbocycles. The fourth-order valence-corrected chi connectivity index (χ4v) is 4.94. The van der Waals surface area contributed by atoms with Crippen LogP contribution in [0.3, 0.4) is 0 Å². The van der Waals surface area contributed by atoms with E-state index < -0.39 is 11.5 Å². The third-order valence-corrected chi connectivity index (χ3v) is 7.05. The van der Waals surface area contributed by atoms with Crippen molar-refractivity contribution in [3.05, 3.63) is 34.9 Å². The molecule has 12 heteroatoms. The minimum absolute atomic E-state index is 0.0926. The second kappa shape index (κ2) is 8.27. The summed E-state index contributed by atoms with van der Waals surface area (Å²) < 4.78 is 6.52. The number of aromatic nitrogens is 6. The lowest BCUT2D eigenvalue weighted by molar-refractivity contribution is -0.138. The normalized spacial score (nSPS) is 21.8. The molecule has 2 saturated heterocycles. The standard InChI is InChI=1S/C21H26N8O4/c1-13-9-15(23-24-18(13)29-12-22-25-26-29)17(30)10-27-6-3-21(4-7-27)5-8-28(20(21)32)16-11-33-19(31)14(16)2/h9,12,17,30H,3-8,10-11H2,1-2H3/t17-/m0/s1. The molecule has 2 aromatic heterocycles. The molecule has 2 aromatic rings. The zero-order valence-electron chi connectivity index (χ0n) is 18.6. The van der Waals surface area contributed by atoms with Gasteiger partial charge in [0.25, 0.3) is 0 Å². The van der Waals surface area contributed by atoms with Crippen molar-refractivity contribution in [1.82, 2.24) is 40.2 Å². The van der Waals surface area contributed by atoms with E-state index in [0.29, 0.717) is 49.0 Å². The minimum Gasteiger partial charge on any atom is -0.456 e. The van der Waals surface area contributed by atoms with E-state index in [1.165, 1.54) is 11.0 Å². The fourth-order valence-electron chi connectivity index (χ4n) is 4.94. The summed E-state index contributed by atoms with van der Waals surface area (Å²) >= 11 is 0. The van der Waals surface area contributed by atoms with Crippen LogP contribution >= 0.6 is 0 Å². The molecule has 33 heavy (non-hydrogen) atoms. The molecule has 0 unspecified atom stereocenters. The number of carbonyl (C=O) groups is 2. The number of hydrogen-bond acceptors (Lipinski definition) is 10. The number of aryl methyl sites for hydroxylation is 1. The number of cyclic esters (lactones) is 1. The average Bonchev–Trinajstić information content (AvgIpc) is 3.53. The molecule has 5 heterocycles. The van der Waals surface area contributed by atoms with Crippen molar-refractivity contribution in [3.8, 4) is 5.82 Å². The van der Waals surface area contributed by atoms with Gasteiger partial charge in [-0.1, -0.05) is 0 Å². The molecular formula is C21H26N8O4. The van der Waals surface area contributed by atoms with Crippen LogP contribution in [0.4, 0.5) is 0 Å². The highest BCUT2D eigenvalue weighted by molar-refractivity contribution is 5.94. The van der Waals surface area contributed by atoms with E-state index in [-0.39, 0.29) is 18.5 Å². The number of amides is 1. The summed E-state index contributed by atoms with van der Waals surface area (Å²) in [5, 5.41) is 30.1. The van der Waals surface area contributed by atoms with E-state index in [1.54, 1.807) is 17.9 Å². The largest absolute Gasteiger partial charge is 0.456 e. The third-order valence-electron chi connectivity index (χ3n) is 7.05. The van der Waals surface area contributed by atoms with Gasteiger partial charge >= 0.3 is 5.97 Å². The van der Waals surface area contributed by atoms with E-state index >= 15 is 0 Å². The minimum atomic E-state index is -0.793. The van der Waals surface area contributed by atoms with Gasteiger partial charge in [-0.05, 0) is 68.3 Å². The highest BCUT2D eigenvalue weighted by Crippen LogP contribution is 2.43. The van der Waals surface area contributed by atoms with Crippen LogP contribution in [0.25, 0.3) is 5.82 Å². The molecule has 12 nitrogen and oxygen atoms in total. The summed E-state index contributed by atoms with van der Waals surface area (Å²) in [6, 6.07) is 1.79. The van der Waals surface area contributed by atoms with E-state index in [1.807, 2.05) is 6.92 Å². The fraction of sp³-hybridized carbons (Fsp3) is 0.571. The second-order valence-corrected chi connectivity index (χ2v) is 8.98. The van der Waals surface area contributed by atoms with Crippen molar-refractivity contribution in [2.45, 2.75) is 39.2 Å². The topological polar surface area (TPSA) is 139 Å². The summed E-state index contributed by atoms with van der Waals surface area (Å²) in [6.07, 6.45) is 2.87. The third kappa shape index (κ3) is 3.78. The van der Waals surface area contributed by atoms with Gasteiger partial charge in [0.15, 0.2) is 5.82 Å². The lowest BCUT2D eigenvalue weighted by atomic mass is 9.77. The van der Waals surface area contributed by atoms with E-state index in [0.717, 1.165) is 24.8 Å². The van der Waals surface area contributed by atoms with Gasteiger partial charge in [0, 0.05) is 13.1 Å². The van der Waals surface area contributed by atoms with Gasteiger partial charge in [-0.25, -0.2) is 4.79 Å². The molecule has 0 radical (unpaired) electrons. The number of piperidine rings is 1. The molecule has 1 N–H and O–H groups in total. The molecule has 1 amide bonds. The molecule has 1 spiro atoms. The van der Waals surface area contributed by atoms with Crippen LogP contribution in [0, 0.1) is 12.3 Å². The van der Waals surface area contributed by atoms with Crippen LogP contribution in [0.2, 0.25) is 0 Å². The molecule has 1 atom stereocenters. The maximum Gasteiger partial charge on any atom is 0.336 e. The highest BCUT2D eigenvalue weighted by atomic mass is 16.5. The monoisotopic (exact) mass is 454 g/mol. The number of aliphatic hydroxyl groups is 1. The van der Waals surface area contributed by atoms with Crippen molar-refractivity contribution in [2.75, 3.05) is 32.8 Å². The average molecular weight is 454 g/mol. The SMILES string of the molecule is CC1=C(N2CCC3(CCN(C[C@H](O)c4cc(C)c(-n5cnnn5)nn4)CC3)C2=O)COC1=O. The summed E-state index contributed by atoms with van der Waals surface area (Å²) in [6.45, 7) is 6.21. The Bertz CT molecular complexity index is 1110. The Morgan fingerprint density at radius 3 is 2.55 bits per heavy atom. The van der Waals surface area contributed by atoms with Gasteiger partial charge in [-0.2, -0.15) is 9.78 Å². The summed E-state index contributed by atoms with van der Waals surface area (Å²) in [7, 11) is 0. The first-order valence-corrected chi connectivity index (χ1v) is 11.0. The van der Waals surface area contributed by atoms with Gasteiger partial charge in [0.2, 0.25) is 5.91 Å². The predicted molar refractivity (Wildman–Crippen MR) is 113 cm³/mol.